The third-order valence-corrected chi connectivity index (χ3v) is 4.60. The standard InChI is InChI=1S/C23H28O4/c1-26-22(24)7-3-5-18-9-13-20(14-10-18)17-21-15-11-19(12-16-21)6-4-8-23(25)27-2/h9-16H,3-8,17H2,1-2H3. The van der Waals surface area contributed by atoms with Gasteiger partial charge in [-0.3, -0.25) is 9.59 Å². The number of hydrogen-bond donors (Lipinski definition) is 0. The van der Waals surface area contributed by atoms with E-state index in [1.54, 1.807) is 0 Å². The second-order valence-corrected chi connectivity index (χ2v) is 6.67. The van der Waals surface area contributed by atoms with Gasteiger partial charge >= 0.3 is 11.9 Å². The van der Waals surface area contributed by atoms with Crippen LogP contribution < -0.4 is 0 Å². The van der Waals surface area contributed by atoms with E-state index >= 15 is 0 Å². The van der Waals surface area contributed by atoms with Gasteiger partial charge < -0.3 is 9.47 Å². The summed E-state index contributed by atoms with van der Waals surface area (Å²) >= 11 is 0. The predicted octanol–water partition coefficient (Wildman–Crippen LogP) is 4.27. The van der Waals surface area contributed by atoms with Crippen LogP contribution in [0.2, 0.25) is 0 Å². The molecule has 0 aliphatic rings. The minimum Gasteiger partial charge on any atom is -0.469 e. The van der Waals surface area contributed by atoms with Crippen LogP contribution in [0.1, 0.15) is 47.9 Å². The number of benzene rings is 2. The summed E-state index contributed by atoms with van der Waals surface area (Å²) in [5.41, 5.74) is 5.02. The number of rotatable bonds is 10. The lowest BCUT2D eigenvalue weighted by atomic mass is 10.00. The highest BCUT2D eigenvalue weighted by molar-refractivity contribution is 5.69. The molecule has 27 heavy (non-hydrogen) atoms. The molecule has 2 aromatic rings. The summed E-state index contributed by atoms with van der Waals surface area (Å²) in [4.78, 5) is 22.3. The van der Waals surface area contributed by atoms with Crippen LogP contribution in [0.15, 0.2) is 48.5 Å². The van der Waals surface area contributed by atoms with Crippen molar-refractivity contribution < 1.29 is 19.1 Å². The molecule has 0 unspecified atom stereocenters. The van der Waals surface area contributed by atoms with Crippen LogP contribution in [-0.4, -0.2) is 26.2 Å². The maximum absolute atomic E-state index is 11.1. The molecule has 0 atom stereocenters. The van der Waals surface area contributed by atoms with Crippen molar-refractivity contribution in [1.29, 1.82) is 0 Å². The predicted molar refractivity (Wildman–Crippen MR) is 106 cm³/mol. The molecule has 144 valence electrons. The Bertz CT molecular complexity index is 654. The van der Waals surface area contributed by atoms with E-state index in [0.29, 0.717) is 12.8 Å². The Balaban J connectivity index is 1.79. The second kappa shape index (κ2) is 11.2. The smallest absolute Gasteiger partial charge is 0.305 e. The van der Waals surface area contributed by atoms with E-state index in [9.17, 15) is 9.59 Å². The van der Waals surface area contributed by atoms with E-state index < -0.39 is 0 Å². The molecule has 0 spiro atoms. The summed E-state index contributed by atoms with van der Waals surface area (Å²) in [5.74, 6) is -0.305. The normalized spacial score (nSPS) is 10.4. The number of methoxy groups -OCH3 is 2. The van der Waals surface area contributed by atoms with E-state index in [-0.39, 0.29) is 11.9 Å². The Hall–Kier alpha value is -2.62. The van der Waals surface area contributed by atoms with Gasteiger partial charge in [0.25, 0.3) is 0 Å². The number of hydrogen-bond acceptors (Lipinski definition) is 4. The first-order valence-electron chi connectivity index (χ1n) is 9.40. The summed E-state index contributed by atoms with van der Waals surface area (Å²) < 4.78 is 9.32. The van der Waals surface area contributed by atoms with Crippen molar-refractivity contribution in [3.8, 4) is 0 Å². The highest BCUT2D eigenvalue weighted by atomic mass is 16.5. The number of carbonyl (C=O) groups is 2. The minimum absolute atomic E-state index is 0.152. The van der Waals surface area contributed by atoms with Gasteiger partial charge in [-0.05, 0) is 54.4 Å². The molecule has 2 rings (SSSR count). The average molecular weight is 368 g/mol. The molecular formula is C23H28O4. The van der Waals surface area contributed by atoms with Crippen LogP contribution in [-0.2, 0) is 38.3 Å². The second-order valence-electron chi connectivity index (χ2n) is 6.67. The molecule has 4 heteroatoms. The summed E-state index contributed by atoms with van der Waals surface area (Å²) in [6.45, 7) is 0. The average Bonchev–Trinajstić information content (AvgIpc) is 2.70. The molecule has 0 radical (unpaired) electrons. The van der Waals surface area contributed by atoms with Crippen molar-refractivity contribution in [1.82, 2.24) is 0 Å². The number of esters is 2. The molecule has 0 saturated carbocycles. The van der Waals surface area contributed by atoms with E-state index in [2.05, 4.69) is 58.0 Å². The van der Waals surface area contributed by atoms with Gasteiger partial charge in [0, 0.05) is 12.8 Å². The maximum atomic E-state index is 11.1. The zero-order chi connectivity index (χ0) is 19.5. The van der Waals surface area contributed by atoms with Gasteiger partial charge in [-0.1, -0.05) is 48.5 Å². The van der Waals surface area contributed by atoms with Crippen LogP contribution in [0.25, 0.3) is 0 Å². The first-order valence-corrected chi connectivity index (χ1v) is 9.40. The fraction of sp³-hybridized carbons (Fsp3) is 0.391. The molecule has 4 nitrogen and oxygen atoms in total. The number of ether oxygens (including phenoxy) is 2. The molecule has 0 amide bonds. The van der Waals surface area contributed by atoms with Crippen LogP contribution >= 0.6 is 0 Å². The summed E-state index contributed by atoms with van der Waals surface area (Å²) in [6.07, 6.45) is 5.21. The molecule has 0 N–H and O–H groups in total. The molecule has 0 aliphatic carbocycles. The van der Waals surface area contributed by atoms with Crippen molar-refractivity contribution in [2.24, 2.45) is 0 Å². The van der Waals surface area contributed by atoms with Crippen LogP contribution in [0.5, 0.6) is 0 Å². The first kappa shape index (κ1) is 20.7. The molecular weight excluding hydrogens is 340 g/mol. The van der Waals surface area contributed by atoms with Gasteiger partial charge in [0.05, 0.1) is 14.2 Å². The monoisotopic (exact) mass is 368 g/mol. The SMILES string of the molecule is COC(=O)CCCc1ccc(Cc2ccc(CCCC(=O)OC)cc2)cc1. The molecule has 0 heterocycles. The van der Waals surface area contributed by atoms with Gasteiger partial charge in [0.2, 0.25) is 0 Å². The fourth-order valence-corrected chi connectivity index (χ4v) is 2.96. The molecule has 0 fully saturated rings. The molecule has 0 saturated heterocycles. The fourth-order valence-electron chi connectivity index (χ4n) is 2.96. The summed E-state index contributed by atoms with van der Waals surface area (Å²) in [7, 11) is 2.85. The van der Waals surface area contributed by atoms with Gasteiger partial charge in [0.1, 0.15) is 0 Å². The topological polar surface area (TPSA) is 52.6 Å². The highest BCUT2D eigenvalue weighted by Crippen LogP contribution is 2.14. The number of aryl methyl sites for hydroxylation is 2. The lowest BCUT2D eigenvalue weighted by Crippen LogP contribution is -2.00. The Morgan fingerprint density at radius 2 is 0.963 bits per heavy atom. The third kappa shape index (κ3) is 7.65. The van der Waals surface area contributed by atoms with Gasteiger partial charge in [-0.2, -0.15) is 0 Å². The lowest BCUT2D eigenvalue weighted by molar-refractivity contribution is -0.141. The first-order chi connectivity index (χ1) is 13.1. The van der Waals surface area contributed by atoms with Crippen molar-refractivity contribution in [3.63, 3.8) is 0 Å². The minimum atomic E-state index is -0.152. The highest BCUT2D eigenvalue weighted by Gasteiger charge is 2.03. The van der Waals surface area contributed by atoms with E-state index in [1.807, 2.05) is 0 Å². The Labute approximate surface area is 161 Å². The molecule has 0 bridgehead atoms. The van der Waals surface area contributed by atoms with E-state index in [4.69, 9.17) is 0 Å². The van der Waals surface area contributed by atoms with Crippen LogP contribution in [0, 0.1) is 0 Å². The van der Waals surface area contributed by atoms with Crippen LogP contribution in [0.4, 0.5) is 0 Å². The molecule has 0 aromatic heterocycles. The number of carbonyl (C=O) groups excluding carboxylic acids is 2. The molecule has 0 aliphatic heterocycles. The van der Waals surface area contributed by atoms with Crippen molar-refractivity contribution in [2.75, 3.05) is 14.2 Å². The van der Waals surface area contributed by atoms with Gasteiger partial charge in [-0.25, -0.2) is 0 Å². The molecule has 2 aromatic carbocycles. The van der Waals surface area contributed by atoms with Crippen LogP contribution in [0.3, 0.4) is 0 Å². The van der Waals surface area contributed by atoms with E-state index in [0.717, 1.165) is 32.1 Å². The third-order valence-electron chi connectivity index (χ3n) is 4.60. The Kier molecular flexibility index (Phi) is 8.56. The maximum Gasteiger partial charge on any atom is 0.305 e. The Morgan fingerprint density at radius 3 is 1.30 bits per heavy atom. The lowest BCUT2D eigenvalue weighted by Gasteiger charge is -2.06. The summed E-state index contributed by atoms with van der Waals surface area (Å²) in [6, 6.07) is 17.1. The summed E-state index contributed by atoms with van der Waals surface area (Å²) in [5, 5.41) is 0. The van der Waals surface area contributed by atoms with Gasteiger partial charge in [0.15, 0.2) is 0 Å². The largest absolute Gasteiger partial charge is 0.469 e. The van der Waals surface area contributed by atoms with Crippen molar-refractivity contribution in [3.05, 3.63) is 70.8 Å². The Morgan fingerprint density at radius 1 is 0.630 bits per heavy atom. The van der Waals surface area contributed by atoms with Crippen molar-refractivity contribution in [2.45, 2.75) is 44.9 Å². The zero-order valence-electron chi connectivity index (χ0n) is 16.2. The zero-order valence-corrected chi connectivity index (χ0v) is 16.2. The van der Waals surface area contributed by atoms with Crippen molar-refractivity contribution >= 4 is 11.9 Å². The quantitative estimate of drug-likeness (QED) is 0.588. The van der Waals surface area contributed by atoms with Gasteiger partial charge in [-0.15, -0.1) is 0 Å². The van der Waals surface area contributed by atoms with E-state index in [1.165, 1.54) is 36.5 Å².